The highest BCUT2D eigenvalue weighted by atomic mass is 16.8. The Balaban J connectivity index is 1.44. The van der Waals surface area contributed by atoms with Crippen LogP contribution < -0.4 is 9.47 Å². The van der Waals surface area contributed by atoms with Crippen LogP contribution in [0.15, 0.2) is 12.1 Å². The molecule has 3 aliphatic heterocycles. The van der Waals surface area contributed by atoms with Crippen molar-refractivity contribution >= 4 is 0 Å². The molecule has 2 saturated carbocycles. The topological polar surface area (TPSA) is 60.4 Å². The van der Waals surface area contributed by atoms with Gasteiger partial charge in [0.1, 0.15) is 0 Å². The summed E-state index contributed by atoms with van der Waals surface area (Å²) in [5, 5.41) is 12.4. The largest absolute Gasteiger partial charge is 0.493 e. The van der Waals surface area contributed by atoms with Crippen LogP contribution in [0.3, 0.4) is 0 Å². The highest BCUT2D eigenvalue weighted by Gasteiger charge is 2.77. The maximum Gasteiger partial charge on any atom is 0.207 e. The van der Waals surface area contributed by atoms with Gasteiger partial charge in [0, 0.05) is 24.6 Å². The van der Waals surface area contributed by atoms with Crippen LogP contribution in [0.1, 0.15) is 43.2 Å². The minimum Gasteiger partial charge on any atom is -0.493 e. The Hall–Kier alpha value is -1.34. The number of hydrogen-bond acceptors (Lipinski definition) is 6. The average Bonchev–Trinajstić information content (AvgIpc) is 3.28. The smallest absolute Gasteiger partial charge is 0.207 e. The zero-order valence-corrected chi connectivity index (χ0v) is 17.0. The van der Waals surface area contributed by atoms with Crippen LogP contribution in [0.5, 0.6) is 11.5 Å². The predicted molar refractivity (Wildman–Crippen MR) is 104 cm³/mol. The van der Waals surface area contributed by atoms with E-state index < -0.39 is 16.8 Å². The third-order valence-electron chi connectivity index (χ3n) is 8.75. The average molecular weight is 399 g/mol. The molecule has 7 rings (SSSR count). The van der Waals surface area contributed by atoms with Crippen molar-refractivity contribution in [3.63, 3.8) is 0 Å². The quantitative estimate of drug-likeness (QED) is 0.839. The summed E-state index contributed by atoms with van der Waals surface area (Å²) in [6.07, 6.45) is 5.46. The second-order valence-corrected chi connectivity index (χ2v) is 9.94. The predicted octanol–water partition coefficient (Wildman–Crippen LogP) is 2.00. The highest BCUT2D eigenvalue weighted by Crippen LogP contribution is 2.68. The molecule has 6 nitrogen and oxygen atoms in total. The molecule has 2 saturated heterocycles. The summed E-state index contributed by atoms with van der Waals surface area (Å²) < 4.78 is 24.8. The van der Waals surface area contributed by atoms with Gasteiger partial charge in [0.2, 0.25) is 5.79 Å². The van der Waals surface area contributed by atoms with Crippen LogP contribution in [0.2, 0.25) is 0 Å². The first-order valence-corrected chi connectivity index (χ1v) is 11.2. The summed E-state index contributed by atoms with van der Waals surface area (Å²) in [4.78, 5) is 2.58. The fourth-order valence-electron chi connectivity index (χ4n) is 7.36. The Labute approximate surface area is 171 Å². The number of aliphatic hydroxyl groups is 1. The zero-order chi connectivity index (χ0) is 19.4. The standard InChI is InChI=1S/C23H29NO5/c1-26-16-5-4-15-12-17-22(25)6-7-23(27-10-11-28-23)20-21(22,18(15)19(16)29-20)8-9-24(17)13-14-2-3-14/h4-5,14,17,20,25H,2-3,6-13H2,1H3/t17?,20?,21?,22-/m1/s1. The summed E-state index contributed by atoms with van der Waals surface area (Å²) in [6, 6.07) is 4.35. The summed E-state index contributed by atoms with van der Waals surface area (Å²) in [5.41, 5.74) is 1.16. The van der Waals surface area contributed by atoms with E-state index in [9.17, 15) is 5.11 Å². The SMILES string of the molecule is COc1ccc2c3c1OC1C4(CC[C@@]5(O)C(C2)N(CC2CC2)CCC315)OCCO4. The van der Waals surface area contributed by atoms with E-state index in [0.717, 1.165) is 43.3 Å². The lowest BCUT2D eigenvalue weighted by molar-refractivity contribution is -0.296. The van der Waals surface area contributed by atoms with Crippen molar-refractivity contribution < 1.29 is 24.1 Å². The Morgan fingerprint density at radius 3 is 2.76 bits per heavy atom. The number of piperidine rings is 1. The van der Waals surface area contributed by atoms with E-state index in [1.807, 2.05) is 6.07 Å². The van der Waals surface area contributed by atoms with Gasteiger partial charge in [-0.05, 0) is 56.2 Å². The van der Waals surface area contributed by atoms with Crippen molar-refractivity contribution in [1.29, 1.82) is 0 Å². The van der Waals surface area contributed by atoms with E-state index in [2.05, 4.69) is 11.0 Å². The maximum atomic E-state index is 12.4. The lowest BCUT2D eigenvalue weighted by Crippen LogP contribution is -2.79. The van der Waals surface area contributed by atoms with Crippen LogP contribution in [0.4, 0.5) is 0 Å². The van der Waals surface area contributed by atoms with Crippen LogP contribution in [-0.2, 0) is 21.3 Å². The Morgan fingerprint density at radius 2 is 2.00 bits per heavy atom. The first-order valence-electron chi connectivity index (χ1n) is 11.2. The minimum absolute atomic E-state index is 0.133. The first kappa shape index (κ1) is 17.4. The lowest BCUT2D eigenvalue weighted by Gasteiger charge is -2.65. The Bertz CT molecular complexity index is 878. The molecular formula is C23H29NO5. The molecule has 4 atom stereocenters. The van der Waals surface area contributed by atoms with Crippen LogP contribution in [0.25, 0.3) is 0 Å². The highest BCUT2D eigenvalue weighted by molar-refractivity contribution is 5.63. The monoisotopic (exact) mass is 399 g/mol. The van der Waals surface area contributed by atoms with Gasteiger partial charge in [0.05, 0.1) is 31.3 Å². The van der Waals surface area contributed by atoms with Gasteiger partial charge in [0.15, 0.2) is 17.6 Å². The molecule has 1 N–H and O–H groups in total. The summed E-state index contributed by atoms with van der Waals surface area (Å²) in [5.74, 6) is 1.62. The number of hydrogen-bond donors (Lipinski definition) is 1. The fourth-order valence-corrected chi connectivity index (χ4v) is 7.36. The molecule has 0 radical (unpaired) electrons. The molecule has 4 fully saturated rings. The number of benzene rings is 1. The number of ether oxygens (including phenoxy) is 4. The molecule has 156 valence electrons. The van der Waals surface area contributed by atoms with Gasteiger partial charge in [-0.3, -0.25) is 4.90 Å². The summed E-state index contributed by atoms with van der Waals surface area (Å²) in [7, 11) is 1.69. The normalized spacial score (nSPS) is 41.3. The van der Waals surface area contributed by atoms with E-state index in [1.54, 1.807) is 7.11 Å². The molecule has 29 heavy (non-hydrogen) atoms. The third-order valence-corrected chi connectivity index (χ3v) is 8.75. The van der Waals surface area contributed by atoms with Crippen LogP contribution in [-0.4, -0.2) is 67.0 Å². The molecular weight excluding hydrogens is 370 g/mol. The molecule has 6 aliphatic rings. The molecule has 6 heteroatoms. The van der Waals surface area contributed by atoms with E-state index in [0.29, 0.717) is 26.1 Å². The zero-order valence-electron chi connectivity index (χ0n) is 17.0. The molecule has 0 amide bonds. The number of nitrogens with zero attached hydrogens (tertiary/aromatic N) is 1. The van der Waals surface area contributed by atoms with Crippen molar-refractivity contribution in [3.8, 4) is 11.5 Å². The second kappa shape index (κ2) is 5.47. The van der Waals surface area contributed by atoms with Crippen molar-refractivity contribution in [2.45, 2.75) is 67.5 Å². The molecule has 3 heterocycles. The van der Waals surface area contributed by atoms with Gasteiger partial charge in [-0.25, -0.2) is 0 Å². The number of likely N-dealkylation sites (tertiary alicyclic amines) is 1. The molecule has 1 aromatic carbocycles. The Morgan fingerprint density at radius 1 is 1.17 bits per heavy atom. The van der Waals surface area contributed by atoms with Gasteiger partial charge < -0.3 is 24.1 Å². The third kappa shape index (κ3) is 1.93. The minimum atomic E-state index is -0.823. The van der Waals surface area contributed by atoms with E-state index in [1.165, 1.54) is 24.0 Å². The molecule has 0 aromatic heterocycles. The summed E-state index contributed by atoms with van der Waals surface area (Å²) in [6.45, 7) is 3.29. The van der Waals surface area contributed by atoms with Gasteiger partial charge in [-0.2, -0.15) is 0 Å². The first-order chi connectivity index (χ1) is 14.1. The number of rotatable bonds is 3. The van der Waals surface area contributed by atoms with Crippen molar-refractivity contribution in [3.05, 3.63) is 23.3 Å². The van der Waals surface area contributed by atoms with Gasteiger partial charge >= 0.3 is 0 Å². The molecule has 3 aliphatic carbocycles. The Kier molecular flexibility index (Phi) is 3.27. The van der Waals surface area contributed by atoms with Gasteiger partial charge in [-0.15, -0.1) is 0 Å². The number of fused-ring (bicyclic) bond motifs is 1. The number of methoxy groups -OCH3 is 1. The van der Waals surface area contributed by atoms with E-state index >= 15 is 0 Å². The molecule has 2 bridgehead atoms. The van der Waals surface area contributed by atoms with Crippen molar-refractivity contribution in [2.75, 3.05) is 33.4 Å². The molecule has 1 aromatic rings. The second-order valence-electron chi connectivity index (χ2n) is 9.94. The van der Waals surface area contributed by atoms with E-state index in [4.69, 9.17) is 18.9 Å². The van der Waals surface area contributed by atoms with Crippen molar-refractivity contribution in [1.82, 2.24) is 4.90 Å². The fraction of sp³-hybridized carbons (Fsp3) is 0.739. The lowest BCUT2D eigenvalue weighted by atomic mass is 9.48. The van der Waals surface area contributed by atoms with Gasteiger partial charge in [0.25, 0.3) is 0 Å². The summed E-state index contributed by atoms with van der Waals surface area (Å²) >= 11 is 0. The van der Waals surface area contributed by atoms with Crippen LogP contribution in [0, 0.1) is 5.92 Å². The van der Waals surface area contributed by atoms with Crippen molar-refractivity contribution in [2.24, 2.45) is 5.92 Å². The van der Waals surface area contributed by atoms with Crippen LogP contribution >= 0.6 is 0 Å². The molecule has 3 unspecified atom stereocenters. The molecule has 2 spiro atoms. The van der Waals surface area contributed by atoms with Gasteiger partial charge in [-0.1, -0.05) is 6.07 Å². The maximum absolute atomic E-state index is 12.4. The van der Waals surface area contributed by atoms with E-state index in [-0.39, 0.29) is 12.1 Å².